The van der Waals surface area contributed by atoms with E-state index < -0.39 is 5.54 Å². The Balaban J connectivity index is 2.03. The van der Waals surface area contributed by atoms with Gasteiger partial charge in [-0.3, -0.25) is 9.69 Å². The fraction of sp³-hybridized carbons (Fsp3) is 0.667. The van der Waals surface area contributed by atoms with Gasteiger partial charge in [0.2, 0.25) is 0 Å². The van der Waals surface area contributed by atoms with Crippen molar-refractivity contribution in [1.29, 1.82) is 0 Å². The topological polar surface area (TPSA) is 67.9 Å². The van der Waals surface area contributed by atoms with Crippen molar-refractivity contribution in [1.82, 2.24) is 10.2 Å². The second-order valence-electron chi connectivity index (χ2n) is 4.71. The Hall–Kier alpha value is -1.40. The van der Waals surface area contributed by atoms with Crippen LogP contribution in [0.1, 0.15) is 13.3 Å². The van der Waals surface area contributed by atoms with Crippen LogP contribution in [0.3, 0.4) is 0 Å². The van der Waals surface area contributed by atoms with Crippen molar-refractivity contribution >= 4 is 11.9 Å². The molecule has 0 radical (unpaired) electrons. The average molecular weight is 254 g/mol. The van der Waals surface area contributed by atoms with Crippen LogP contribution in [-0.4, -0.2) is 55.9 Å². The van der Waals surface area contributed by atoms with Crippen LogP contribution in [0.15, 0.2) is 11.6 Å². The van der Waals surface area contributed by atoms with Crippen LogP contribution in [0.5, 0.6) is 0 Å². The molecule has 0 aliphatic carbocycles. The zero-order chi connectivity index (χ0) is 13.2. The number of amides is 3. The number of hydrogen-bond acceptors (Lipinski definition) is 4. The smallest absolute Gasteiger partial charge is 0.325 e. The van der Waals surface area contributed by atoms with Crippen LogP contribution >= 0.6 is 0 Å². The number of methoxy groups -OCH3 is 1. The van der Waals surface area contributed by atoms with Gasteiger partial charge in [0.25, 0.3) is 5.91 Å². The highest BCUT2D eigenvalue weighted by atomic mass is 16.5. The molecule has 0 saturated carbocycles. The molecule has 3 amide bonds. The first-order valence-electron chi connectivity index (χ1n) is 5.95. The van der Waals surface area contributed by atoms with E-state index in [1.807, 2.05) is 13.0 Å². The Labute approximate surface area is 106 Å². The van der Waals surface area contributed by atoms with Crippen LogP contribution in [0.25, 0.3) is 0 Å². The van der Waals surface area contributed by atoms with Crippen LogP contribution < -0.4 is 5.32 Å². The average Bonchev–Trinajstić information content (AvgIpc) is 2.86. The number of imide groups is 1. The molecule has 0 aromatic rings. The number of nitrogens with zero attached hydrogens (tertiary/aromatic N) is 1. The largest absolute Gasteiger partial charge is 0.380 e. The van der Waals surface area contributed by atoms with Gasteiger partial charge in [-0.1, -0.05) is 11.6 Å². The second-order valence-corrected chi connectivity index (χ2v) is 4.71. The van der Waals surface area contributed by atoms with Crippen molar-refractivity contribution in [3.63, 3.8) is 0 Å². The molecule has 6 heteroatoms. The number of ether oxygens (including phenoxy) is 2. The molecule has 2 aliphatic rings. The molecule has 1 atom stereocenters. The maximum absolute atomic E-state index is 12.2. The molecular formula is C12H18N2O4. The monoisotopic (exact) mass is 254 g/mol. The maximum Gasteiger partial charge on any atom is 0.325 e. The van der Waals surface area contributed by atoms with Crippen molar-refractivity contribution in [2.45, 2.75) is 18.9 Å². The summed E-state index contributed by atoms with van der Waals surface area (Å²) in [5, 5.41) is 2.74. The zero-order valence-corrected chi connectivity index (χ0v) is 10.7. The Bertz CT molecular complexity index is 386. The molecule has 2 heterocycles. The minimum absolute atomic E-state index is 0.188. The number of carbonyl (C=O) groups excluding carboxylic acids is 2. The molecule has 1 N–H and O–H groups in total. The minimum Gasteiger partial charge on any atom is -0.380 e. The lowest BCUT2D eigenvalue weighted by Crippen LogP contribution is -2.47. The summed E-state index contributed by atoms with van der Waals surface area (Å²) >= 11 is 0. The summed E-state index contributed by atoms with van der Waals surface area (Å²) in [4.78, 5) is 25.2. The minimum atomic E-state index is -0.819. The lowest BCUT2D eigenvalue weighted by Gasteiger charge is -2.17. The number of urea groups is 1. The van der Waals surface area contributed by atoms with Gasteiger partial charge in [-0.05, 0) is 6.92 Å². The summed E-state index contributed by atoms with van der Waals surface area (Å²) in [6.07, 6.45) is 2.38. The van der Waals surface area contributed by atoms with E-state index in [0.717, 1.165) is 5.57 Å². The summed E-state index contributed by atoms with van der Waals surface area (Å²) < 4.78 is 10.2. The lowest BCUT2D eigenvalue weighted by atomic mass is 9.99. The second kappa shape index (κ2) is 5.07. The first-order chi connectivity index (χ1) is 8.59. The standard InChI is InChI=1S/C12H18N2O4/c1-9(7-17-2)3-5-14-10(15)12(13-11(14)16)4-6-18-8-12/h3H,4-8H2,1-2H3,(H,13,16)/b9-3+. The molecule has 0 aromatic heterocycles. The fourth-order valence-electron chi connectivity index (χ4n) is 2.21. The van der Waals surface area contributed by atoms with Gasteiger partial charge in [-0.15, -0.1) is 0 Å². The highest BCUT2D eigenvalue weighted by Crippen LogP contribution is 2.26. The van der Waals surface area contributed by atoms with Gasteiger partial charge in [0.1, 0.15) is 5.54 Å². The number of hydrogen-bond donors (Lipinski definition) is 1. The SMILES string of the molecule is COC/C(C)=C/CN1C(=O)NC2(CCOC2)C1=O. The summed E-state index contributed by atoms with van der Waals surface area (Å²) in [6.45, 7) is 3.46. The molecule has 2 aliphatic heterocycles. The van der Waals surface area contributed by atoms with E-state index in [4.69, 9.17) is 9.47 Å². The van der Waals surface area contributed by atoms with Crippen molar-refractivity contribution < 1.29 is 19.1 Å². The predicted molar refractivity (Wildman–Crippen MR) is 64.0 cm³/mol. The molecule has 1 spiro atoms. The molecule has 2 rings (SSSR count). The van der Waals surface area contributed by atoms with E-state index in [0.29, 0.717) is 19.6 Å². The predicted octanol–water partition coefficient (Wildman–Crippen LogP) is 0.290. The molecule has 2 saturated heterocycles. The number of nitrogens with one attached hydrogen (secondary N) is 1. The van der Waals surface area contributed by atoms with E-state index in [1.54, 1.807) is 7.11 Å². The highest BCUT2D eigenvalue weighted by Gasteiger charge is 2.53. The van der Waals surface area contributed by atoms with Crippen molar-refractivity contribution in [2.24, 2.45) is 0 Å². The third-order valence-electron chi connectivity index (χ3n) is 3.26. The van der Waals surface area contributed by atoms with Gasteiger partial charge >= 0.3 is 6.03 Å². The molecular weight excluding hydrogens is 236 g/mol. The Kier molecular flexibility index (Phi) is 3.68. The molecule has 18 heavy (non-hydrogen) atoms. The summed E-state index contributed by atoms with van der Waals surface area (Å²) in [6, 6.07) is -0.341. The van der Waals surface area contributed by atoms with Gasteiger partial charge in [-0.2, -0.15) is 0 Å². The lowest BCUT2D eigenvalue weighted by molar-refractivity contribution is -0.130. The van der Waals surface area contributed by atoms with Crippen LogP contribution in [0.4, 0.5) is 4.79 Å². The van der Waals surface area contributed by atoms with E-state index in [9.17, 15) is 9.59 Å². The highest BCUT2D eigenvalue weighted by molar-refractivity contribution is 6.07. The van der Waals surface area contributed by atoms with Crippen LogP contribution in [0.2, 0.25) is 0 Å². The van der Waals surface area contributed by atoms with Crippen LogP contribution in [-0.2, 0) is 14.3 Å². The first kappa shape index (κ1) is 13.0. The van der Waals surface area contributed by atoms with Crippen LogP contribution in [0, 0.1) is 0 Å². The number of carbonyl (C=O) groups is 2. The maximum atomic E-state index is 12.2. The van der Waals surface area contributed by atoms with Gasteiger partial charge < -0.3 is 14.8 Å². The molecule has 2 fully saturated rings. The molecule has 100 valence electrons. The molecule has 0 bridgehead atoms. The van der Waals surface area contributed by atoms with Crippen molar-refractivity contribution in [3.8, 4) is 0 Å². The number of rotatable bonds is 4. The fourth-order valence-corrected chi connectivity index (χ4v) is 2.21. The van der Waals surface area contributed by atoms with Gasteiger partial charge in [-0.25, -0.2) is 4.79 Å². The third-order valence-corrected chi connectivity index (χ3v) is 3.26. The van der Waals surface area contributed by atoms with Gasteiger partial charge in [0.15, 0.2) is 0 Å². The van der Waals surface area contributed by atoms with E-state index in [-0.39, 0.29) is 25.1 Å². The van der Waals surface area contributed by atoms with Gasteiger partial charge in [0, 0.05) is 26.7 Å². The molecule has 6 nitrogen and oxygen atoms in total. The zero-order valence-electron chi connectivity index (χ0n) is 10.7. The molecule has 1 unspecified atom stereocenters. The quantitative estimate of drug-likeness (QED) is 0.578. The normalized spacial score (nSPS) is 28.3. The van der Waals surface area contributed by atoms with Crippen molar-refractivity contribution in [3.05, 3.63) is 11.6 Å². The Morgan fingerprint density at radius 2 is 2.39 bits per heavy atom. The third kappa shape index (κ3) is 2.26. The Morgan fingerprint density at radius 3 is 3.00 bits per heavy atom. The first-order valence-corrected chi connectivity index (χ1v) is 5.95. The van der Waals surface area contributed by atoms with E-state index in [1.165, 1.54) is 4.90 Å². The van der Waals surface area contributed by atoms with Gasteiger partial charge in [0.05, 0.1) is 13.2 Å². The summed E-state index contributed by atoms with van der Waals surface area (Å²) in [5.41, 5.74) is 0.168. The molecule has 0 aromatic carbocycles. The van der Waals surface area contributed by atoms with Crippen molar-refractivity contribution in [2.75, 3.05) is 33.5 Å². The Morgan fingerprint density at radius 1 is 1.61 bits per heavy atom. The van der Waals surface area contributed by atoms with E-state index >= 15 is 0 Å². The van der Waals surface area contributed by atoms with E-state index in [2.05, 4.69) is 5.32 Å². The summed E-state index contributed by atoms with van der Waals surface area (Å²) in [7, 11) is 1.61. The summed E-state index contributed by atoms with van der Waals surface area (Å²) in [5.74, 6) is -0.188.